The Kier molecular flexibility index (Phi) is 4.95. The minimum Gasteiger partial charge on any atom is -0.423 e. The van der Waals surface area contributed by atoms with E-state index in [1.165, 1.54) is 0 Å². The van der Waals surface area contributed by atoms with Gasteiger partial charge in [-0.25, -0.2) is 0 Å². The summed E-state index contributed by atoms with van der Waals surface area (Å²) in [6, 6.07) is 2.50. The standard InChI is InChI=1S/C23H25ClN6O/c1-4-6-7-17-12(3)8-13(9-26-17)31-23-28-21-18(19(24)16(5-2)27-21)22(29-23)30-10-14-15(11-30)20(14)25/h4,6-9,14-15,20H,1,5,10-11,25H2,2-3H3,(H,27,28,29)/b7-6-. The van der Waals surface area contributed by atoms with Crippen molar-refractivity contribution >= 4 is 34.5 Å². The highest BCUT2D eigenvalue weighted by molar-refractivity contribution is 6.37. The van der Waals surface area contributed by atoms with Crippen molar-refractivity contribution in [1.82, 2.24) is 19.9 Å². The first-order valence-corrected chi connectivity index (χ1v) is 10.9. The van der Waals surface area contributed by atoms with E-state index in [4.69, 9.17) is 27.1 Å². The molecular formula is C23H25ClN6O. The lowest BCUT2D eigenvalue weighted by atomic mass is 10.2. The Labute approximate surface area is 186 Å². The molecule has 3 aromatic rings. The number of aromatic nitrogens is 4. The van der Waals surface area contributed by atoms with Crippen LogP contribution in [0.3, 0.4) is 0 Å². The van der Waals surface area contributed by atoms with Crippen molar-refractivity contribution in [2.75, 3.05) is 18.0 Å². The highest BCUT2D eigenvalue weighted by Gasteiger charge is 2.54. The van der Waals surface area contributed by atoms with Gasteiger partial charge < -0.3 is 20.4 Å². The van der Waals surface area contributed by atoms with Crippen molar-refractivity contribution in [2.24, 2.45) is 17.6 Å². The Morgan fingerprint density at radius 3 is 2.81 bits per heavy atom. The van der Waals surface area contributed by atoms with E-state index in [0.29, 0.717) is 34.3 Å². The Morgan fingerprint density at radius 2 is 2.13 bits per heavy atom. The van der Waals surface area contributed by atoms with Crippen molar-refractivity contribution in [2.45, 2.75) is 26.3 Å². The normalized spacial score (nSPS) is 22.3. The lowest BCUT2D eigenvalue weighted by Gasteiger charge is -2.21. The molecule has 2 fully saturated rings. The summed E-state index contributed by atoms with van der Waals surface area (Å²) >= 11 is 6.68. The quantitative estimate of drug-likeness (QED) is 0.561. The van der Waals surface area contributed by atoms with Gasteiger partial charge in [-0.05, 0) is 42.9 Å². The Morgan fingerprint density at radius 1 is 1.35 bits per heavy atom. The fourth-order valence-corrected chi connectivity index (χ4v) is 4.74. The van der Waals surface area contributed by atoms with Gasteiger partial charge in [0.05, 0.1) is 22.3 Å². The maximum atomic E-state index is 6.68. The number of ether oxygens (including phenoxy) is 1. The van der Waals surface area contributed by atoms with Crippen LogP contribution in [0.15, 0.2) is 31.0 Å². The van der Waals surface area contributed by atoms with Crippen molar-refractivity contribution in [3.8, 4) is 11.8 Å². The summed E-state index contributed by atoms with van der Waals surface area (Å²) in [4.78, 5) is 19.4. The van der Waals surface area contributed by atoms with Crippen LogP contribution in [-0.2, 0) is 6.42 Å². The number of nitrogens with two attached hydrogens (primary N) is 1. The smallest absolute Gasteiger partial charge is 0.326 e. The molecule has 3 aromatic heterocycles. The molecule has 0 radical (unpaired) electrons. The number of nitrogens with one attached hydrogen (secondary N) is 1. The molecule has 2 unspecified atom stereocenters. The second-order valence-corrected chi connectivity index (χ2v) is 8.58. The number of halogens is 1. The van der Waals surface area contributed by atoms with E-state index in [-0.39, 0.29) is 6.01 Å². The molecule has 0 aromatic carbocycles. The van der Waals surface area contributed by atoms with Gasteiger partial charge in [-0.1, -0.05) is 37.3 Å². The number of nitrogens with zero attached hydrogens (tertiary/aromatic N) is 4. The van der Waals surface area contributed by atoms with E-state index < -0.39 is 0 Å². The fraction of sp³-hybridized carbons (Fsp3) is 0.348. The Balaban J connectivity index is 1.51. The van der Waals surface area contributed by atoms with Crippen LogP contribution >= 0.6 is 11.6 Å². The summed E-state index contributed by atoms with van der Waals surface area (Å²) in [6.07, 6.45) is 7.93. The molecule has 1 saturated heterocycles. The van der Waals surface area contributed by atoms with E-state index in [0.717, 1.165) is 47.7 Å². The summed E-state index contributed by atoms with van der Waals surface area (Å²) in [5, 5.41) is 1.53. The largest absolute Gasteiger partial charge is 0.423 e. The maximum Gasteiger partial charge on any atom is 0.326 e. The number of piperidine rings is 1. The molecule has 1 aliphatic heterocycles. The van der Waals surface area contributed by atoms with Gasteiger partial charge in [-0.15, -0.1) is 0 Å². The molecule has 7 nitrogen and oxygen atoms in total. The molecule has 1 saturated carbocycles. The molecular weight excluding hydrogens is 412 g/mol. The van der Waals surface area contributed by atoms with Gasteiger partial charge in [-0.3, -0.25) is 4.98 Å². The van der Waals surface area contributed by atoms with Crippen LogP contribution in [0.4, 0.5) is 5.82 Å². The first kappa shape index (κ1) is 20.0. The summed E-state index contributed by atoms with van der Waals surface area (Å²) in [5.41, 5.74) is 9.61. The lowest BCUT2D eigenvalue weighted by Crippen LogP contribution is -2.29. The number of hydrogen-bond acceptors (Lipinski definition) is 6. The third-order valence-electron chi connectivity index (χ3n) is 6.23. The monoisotopic (exact) mass is 436 g/mol. The van der Waals surface area contributed by atoms with E-state index in [9.17, 15) is 0 Å². The van der Waals surface area contributed by atoms with Crippen molar-refractivity contribution in [1.29, 1.82) is 0 Å². The fourth-order valence-electron chi connectivity index (χ4n) is 4.39. The van der Waals surface area contributed by atoms with Crippen LogP contribution in [0.5, 0.6) is 11.8 Å². The second kappa shape index (κ2) is 7.66. The zero-order valence-electron chi connectivity index (χ0n) is 17.6. The van der Waals surface area contributed by atoms with Crippen LogP contribution in [-0.4, -0.2) is 39.1 Å². The van der Waals surface area contributed by atoms with E-state index >= 15 is 0 Å². The summed E-state index contributed by atoms with van der Waals surface area (Å²) < 4.78 is 6.03. The highest BCUT2D eigenvalue weighted by Crippen LogP contribution is 2.47. The molecule has 2 aliphatic rings. The molecule has 0 spiro atoms. The van der Waals surface area contributed by atoms with E-state index in [2.05, 4.69) is 33.4 Å². The van der Waals surface area contributed by atoms with Crippen LogP contribution < -0.4 is 15.4 Å². The van der Waals surface area contributed by atoms with Crippen molar-refractivity contribution in [3.05, 3.63) is 53.0 Å². The number of rotatable bonds is 6. The minimum atomic E-state index is 0.267. The van der Waals surface area contributed by atoms with E-state index in [1.807, 2.05) is 25.1 Å². The van der Waals surface area contributed by atoms with Crippen LogP contribution in [0, 0.1) is 18.8 Å². The minimum absolute atomic E-state index is 0.267. The third kappa shape index (κ3) is 3.47. The van der Waals surface area contributed by atoms with Crippen molar-refractivity contribution < 1.29 is 4.74 Å². The molecule has 0 amide bonds. The molecule has 4 heterocycles. The van der Waals surface area contributed by atoms with Crippen LogP contribution in [0.25, 0.3) is 17.1 Å². The van der Waals surface area contributed by atoms with E-state index in [1.54, 1.807) is 12.3 Å². The number of fused-ring (bicyclic) bond motifs is 2. The molecule has 5 rings (SSSR count). The summed E-state index contributed by atoms with van der Waals surface area (Å²) in [5.74, 6) is 2.44. The zero-order chi connectivity index (χ0) is 21.7. The maximum absolute atomic E-state index is 6.68. The predicted octanol–water partition coefficient (Wildman–Crippen LogP) is 4.26. The Hall–Kier alpha value is -2.90. The van der Waals surface area contributed by atoms with Crippen molar-refractivity contribution in [3.63, 3.8) is 0 Å². The molecule has 160 valence electrons. The molecule has 1 aliphatic carbocycles. The second-order valence-electron chi connectivity index (χ2n) is 8.20. The van der Waals surface area contributed by atoms with Gasteiger partial charge in [0.25, 0.3) is 0 Å². The molecule has 3 N–H and O–H groups in total. The number of anilines is 1. The number of pyridine rings is 1. The van der Waals surface area contributed by atoms with Gasteiger partial charge in [0, 0.05) is 24.8 Å². The van der Waals surface area contributed by atoms with Gasteiger partial charge >= 0.3 is 6.01 Å². The van der Waals surface area contributed by atoms with Gasteiger partial charge in [-0.2, -0.15) is 9.97 Å². The molecule has 8 heteroatoms. The first-order chi connectivity index (χ1) is 15.0. The molecule has 0 bridgehead atoms. The average molecular weight is 437 g/mol. The Bertz CT molecular complexity index is 1190. The number of aromatic amines is 1. The third-order valence-corrected chi connectivity index (χ3v) is 6.65. The summed E-state index contributed by atoms with van der Waals surface area (Å²) in [6.45, 7) is 9.49. The number of hydrogen-bond donors (Lipinski definition) is 2. The first-order valence-electron chi connectivity index (χ1n) is 10.5. The SMILES string of the molecule is C=C/C=C\c1ncc(Oc2nc(N3CC4C(N)C4C3)c3c(Cl)c(CC)[nH]c3n2)cc1C. The van der Waals surface area contributed by atoms with Gasteiger partial charge in [0.1, 0.15) is 17.2 Å². The van der Waals surface area contributed by atoms with Crippen LogP contribution in [0.2, 0.25) is 5.02 Å². The molecule has 2 atom stereocenters. The topological polar surface area (TPSA) is 93.0 Å². The number of H-pyrrole nitrogens is 1. The molecule has 31 heavy (non-hydrogen) atoms. The zero-order valence-corrected chi connectivity index (χ0v) is 18.4. The number of aryl methyl sites for hydroxylation is 2. The van der Waals surface area contributed by atoms with Gasteiger partial charge in [0.15, 0.2) is 0 Å². The van der Waals surface area contributed by atoms with Gasteiger partial charge in [0.2, 0.25) is 0 Å². The number of allylic oxidation sites excluding steroid dienone is 2. The summed E-state index contributed by atoms with van der Waals surface area (Å²) in [7, 11) is 0. The average Bonchev–Trinajstić information content (AvgIpc) is 3.10. The van der Waals surface area contributed by atoms with Crippen LogP contribution in [0.1, 0.15) is 23.9 Å². The lowest BCUT2D eigenvalue weighted by molar-refractivity contribution is 0.441. The predicted molar refractivity (Wildman–Crippen MR) is 124 cm³/mol. The highest BCUT2D eigenvalue weighted by atomic mass is 35.5.